The van der Waals surface area contributed by atoms with Gasteiger partial charge in [-0.2, -0.15) is 0 Å². The first-order chi connectivity index (χ1) is 11.2. The molecule has 0 aromatic heterocycles. The molecule has 0 radical (unpaired) electrons. The molecule has 1 aliphatic carbocycles. The van der Waals surface area contributed by atoms with Gasteiger partial charge in [0.05, 0.1) is 19.8 Å². The van der Waals surface area contributed by atoms with Crippen molar-refractivity contribution in [3.8, 4) is 0 Å². The molecule has 0 bridgehead atoms. The van der Waals surface area contributed by atoms with Crippen LogP contribution in [0.15, 0.2) is 24.3 Å². The molecule has 0 heterocycles. The number of hydrogen-bond acceptors (Lipinski definition) is 4. The van der Waals surface area contributed by atoms with Crippen LogP contribution >= 0.6 is 7.82 Å². The molecule has 0 saturated heterocycles. The van der Waals surface area contributed by atoms with Gasteiger partial charge in [-0.05, 0) is 56.6 Å². The summed E-state index contributed by atoms with van der Waals surface area (Å²) in [5.74, 6) is 0.738. The van der Waals surface area contributed by atoms with Crippen LogP contribution in [0.4, 0.5) is 0 Å². The molecule has 0 aliphatic heterocycles. The zero-order chi connectivity index (χ0) is 16.5. The fourth-order valence-electron chi connectivity index (χ4n) is 3.14. The van der Waals surface area contributed by atoms with Crippen molar-refractivity contribution in [2.24, 2.45) is 0 Å². The molecule has 1 aliphatic rings. The van der Waals surface area contributed by atoms with Gasteiger partial charge in [-0.15, -0.1) is 0 Å². The molecule has 23 heavy (non-hydrogen) atoms. The Balaban J connectivity index is 1.79. The number of hydrogen-bond donors (Lipinski definition) is 0. The molecule has 1 fully saturated rings. The second-order valence-corrected chi connectivity index (χ2v) is 7.61. The largest absolute Gasteiger partial charge is 0.474 e. The third-order valence-corrected chi connectivity index (χ3v) is 5.86. The molecule has 1 aromatic rings. The topological polar surface area (TPSA) is 44.8 Å². The van der Waals surface area contributed by atoms with E-state index in [1.165, 1.54) is 36.8 Å². The number of aryl methyl sites for hydroxylation is 1. The van der Waals surface area contributed by atoms with Gasteiger partial charge in [0, 0.05) is 0 Å². The van der Waals surface area contributed by atoms with Gasteiger partial charge in [0.25, 0.3) is 0 Å². The lowest BCUT2D eigenvalue weighted by Gasteiger charge is -2.16. The van der Waals surface area contributed by atoms with Crippen molar-refractivity contribution < 1.29 is 18.1 Å². The van der Waals surface area contributed by atoms with Crippen molar-refractivity contribution in [1.82, 2.24) is 0 Å². The molecule has 4 nitrogen and oxygen atoms in total. The minimum Gasteiger partial charge on any atom is -0.287 e. The van der Waals surface area contributed by atoms with Crippen LogP contribution in [0.25, 0.3) is 0 Å². The van der Waals surface area contributed by atoms with E-state index in [2.05, 4.69) is 24.3 Å². The second-order valence-electron chi connectivity index (χ2n) is 5.95. The van der Waals surface area contributed by atoms with Gasteiger partial charge in [0.2, 0.25) is 0 Å². The Kier molecular flexibility index (Phi) is 7.78. The van der Waals surface area contributed by atoms with E-state index in [4.69, 9.17) is 13.6 Å². The van der Waals surface area contributed by atoms with Crippen molar-refractivity contribution in [3.05, 3.63) is 35.4 Å². The standard InChI is InChI=1S/C18H29O4P/c1-3-20-23(19,21-4-2)22-14-8-10-16-9-7-13-18(15-16)17-11-5-6-12-17/h7,9,13,15,17H,3-6,8,10-12,14H2,1-2H3. The third-order valence-electron chi connectivity index (χ3n) is 4.21. The van der Waals surface area contributed by atoms with Crippen LogP contribution in [0.3, 0.4) is 0 Å². The highest BCUT2D eigenvalue weighted by Crippen LogP contribution is 2.49. The highest BCUT2D eigenvalue weighted by Gasteiger charge is 2.24. The Hall–Kier alpha value is -0.670. The summed E-state index contributed by atoms with van der Waals surface area (Å²) in [5.41, 5.74) is 2.79. The highest BCUT2D eigenvalue weighted by atomic mass is 31.2. The Morgan fingerprint density at radius 1 is 1.09 bits per heavy atom. The molecule has 0 atom stereocenters. The Morgan fingerprint density at radius 3 is 2.43 bits per heavy atom. The predicted molar refractivity (Wildman–Crippen MR) is 92.8 cm³/mol. The van der Waals surface area contributed by atoms with E-state index in [9.17, 15) is 4.57 Å². The molecular formula is C18H29O4P. The molecule has 0 spiro atoms. The summed E-state index contributed by atoms with van der Waals surface area (Å²) >= 11 is 0. The Bertz CT molecular complexity index is 501. The summed E-state index contributed by atoms with van der Waals surface area (Å²) in [4.78, 5) is 0. The van der Waals surface area contributed by atoms with E-state index in [1.54, 1.807) is 13.8 Å². The number of rotatable bonds is 10. The molecule has 0 N–H and O–H groups in total. The number of phosphoric acid groups is 1. The maximum absolute atomic E-state index is 12.2. The van der Waals surface area contributed by atoms with Crippen molar-refractivity contribution in [2.45, 2.75) is 58.3 Å². The van der Waals surface area contributed by atoms with E-state index in [0.717, 1.165) is 18.8 Å². The van der Waals surface area contributed by atoms with E-state index in [-0.39, 0.29) is 0 Å². The highest BCUT2D eigenvalue weighted by molar-refractivity contribution is 7.48. The SMILES string of the molecule is CCOP(=O)(OCC)OCCCc1cccc(C2CCCC2)c1. The Labute approximate surface area is 140 Å². The first-order valence-electron chi connectivity index (χ1n) is 8.79. The molecule has 130 valence electrons. The fraction of sp³-hybridized carbons (Fsp3) is 0.667. The van der Waals surface area contributed by atoms with Gasteiger partial charge in [-0.1, -0.05) is 37.1 Å². The van der Waals surface area contributed by atoms with Gasteiger partial charge in [0.1, 0.15) is 0 Å². The molecule has 1 saturated carbocycles. The predicted octanol–water partition coefficient (Wildman–Crippen LogP) is 5.47. The molecule has 1 aromatic carbocycles. The lowest BCUT2D eigenvalue weighted by Crippen LogP contribution is -2.02. The van der Waals surface area contributed by atoms with Crippen LogP contribution in [0.2, 0.25) is 0 Å². The maximum atomic E-state index is 12.2. The Morgan fingerprint density at radius 2 is 1.78 bits per heavy atom. The average molecular weight is 340 g/mol. The summed E-state index contributed by atoms with van der Waals surface area (Å²) in [7, 11) is -3.37. The lowest BCUT2D eigenvalue weighted by molar-refractivity contribution is 0.120. The summed E-state index contributed by atoms with van der Waals surface area (Å²) in [6.07, 6.45) is 7.06. The number of phosphoric ester groups is 1. The first kappa shape index (κ1) is 18.7. The fourth-order valence-corrected chi connectivity index (χ4v) is 4.35. The lowest BCUT2D eigenvalue weighted by atomic mass is 9.95. The molecule has 2 rings (SSSR count). The summed E-state index contributed by atoms with van der Waals surface area (Å²) in [5, 5.41) is 0. The molecule has 5 heteroatoms. The van der Waals surface area contributed by atoms with Crippen molar-refractivity contribution in [3.63, 3.8) is 0 Å². The third kappa shape index (κ3) is 6.04. The molecule has 0 amide bonds. The van der Waals surface area contributed by atoms with Crippen molar-refractivity contribution in [1.29, 1.82) is 0 Å². The zero-order valence-electron chi connectivity index (χ0n) is 14.3. The first-order valence-corrected chi connectivity index (χ1v) is 10.3. The minimum atomic E-state index is -3.37. The van der Waals surface area contributed by atoms with E-state index in [1.807, 2.05) is 0 Å². The van der Waals surface area contributed by atoms with Gasteiger partial charge in [-0.3, -0.25) is 13.6 Å². The van der Waals surface area contributed by atoms with Gasteiger partial charge in [-0.25, -0.2) is 4.57 Å². The summed E-state index contributed by atoms with van der Waals surface area (Å²) in [6, 6.07) is 8.87. The maximum Gasteiger partial charge on any atom is 0.474 e. The van der Waals surface area contributed by atoms with E-state index < -0.39 is 7.82 Å². The van der Waals surface area contributed by atoms with Gasteiger partial charge >= 0.3 is 7.82 Å². The number of benzene rings is 1. The minimum absolute atomic E-state index is 0.320. The average Bonchev–Trinajstić information content (AvgIpc) is 3.07. The quantitative estimate of drug-likeness (QED) is 0.418. The molecule has 0 unspecified atom stereocenters. The van der Waals surface area contributed by atoms with Crippen LogP contribution in [0, 0.1) is 0 Å². The van der Waals surface area contributed by atoms with E-state index in [0.29, 0.717) is 19.8 Å². The van der Waals surface area contributed by atoms with Crippen LogP contribution in [0.5, 0.6) is 0 Å². The second kappa shape index (κ2) is 9.58. The van der Waals surface area contributed by atoms with Crippen LogP contribution in [0.1, 0.15) is 63.0 Å². The zero-order valence-corrected chi connectivity index (χ0v) is 15.2. The van der Waals surface area contributed by atoms with Crippen LogP contribution < -0.4 is 0 Å². The van der Waals surface area contributed by atoms with Crippen LogP contribution in [-0.4, -0.2) is 19.8 Å². The smallest absolute Gasteiger partial charge is 0.287 e. The van der Waals surface area contributed by atoms with E-state index >= 15 is 0 Å². The van der Waals surface area contributed by atoms with Crippen LogP contribution in [-0.2, 0) is 24.6 Å². The van der Waals surface area contributed by atoms with Crippen molar-refractivity contribution in [2.75, 3.05) is 19.8 Å². The van der Waals surface area contributed by atoms with Gasteiger partial charge < -0.3 is 0 Å². The monoisotopic (exact) mass is 340 g/mol. The van der Waals surface area contributed by atoms with Crippen molar-refractivity contribution >= 4 is 7.82 Å². The molecular weight excluding hydrogens is 311 g/mol. The summed E-state index contributed by atoms with van der Waals surface area (Å²) < 4.78 is 27.8. The van der Waals surface area contributed by atoms with Gasteiger partial charge in [0.15, 0.2) is 0 Å². The normalized spacial score (nSPS) is 16.1. The summed E-state index contributed by atoms with van der Waals surface area (Å²) in [6.45, 7) is 4.58.